The molecule has 0 aliphatic heterocycles. The molecule has 0 amide bonds. The lowest BCUT2D eigenvalue weighted by atomic mass is 9.92. The summed E-state index contributed by atoms with van der Waals surface area (Å²) in [5, 5.41) is 6.48. The lowest BCUT2D eigenvalue weighted by Crippen LogP contribution is -2.10. The summed E-state index contributed by atoms with van der Waals surface area (Å²) in [6.07, 6.45) is 8.29. The van der Waals surface area contributed by atoms with E-state index in [4.69, 9.17) is 13.3 Å². The minimum atomic E-state index is 0.795. The molecule has 2 aliphatic rings. The second-order valence-electron chi connectivity index (χ2n) is 15.4. The number of fused-ring (bicyclic) bond motifs is 12. The van der Waals surface area contributed by atoms with Crippen LogP contribution in [-0.2, 0) is 6.42 Å². The van der Waals surface area contributed by atoms with E-state index in [0.717, 1.165) is 129 Å². The van der Waals surface area contributed by atoms with E-state index in [1.807, 2.05) is 24.3 Å². The van der Waals surface area contributed by atoms with Crippen molar-refractivity contribution in [2.45, 2.75) is 12.8 Å². The van der Waals surface area contributed by atoms with Gasteiger partial charge in [-0.2, -0.15) is 0 Å². The van der Waals surface area contributed by atoms with Gasteiger partial charge >= 0.3 is 0 Å². The van der Waals surface area contributed by atoms with Crippen molar-refractivity contribution < 1.29 is 13.3 Å². The number of furan rings is 3. The maximum absolute atomic E-state index is 7.00. The van der Waals surface area contributed by atoms with Crippen LogP contribution in [-0.4, -0.2) is 4.57 Å². The van der Waals surface area contributed by atoms with Gasteiger partial charge in [0.05, 0.1) is 22.3 Å². The summed E-state index contributed by atoms with van der Waals surface area (Å²) in [5.74, 6) is 0.949. The zero-order chi connectivity index (χ0) is 38.6. The molecule has 0 saturated heterocycles. The number of para-hydroxylation sites is 4. The Morgan fingerprint density at radius 2 is 1.27 bits per heavy atom. The third kappa shape index (κ3) is 4.69. The van der Waals surface area contributed by atoms with Crippen LogP contribution in [0.2, 0.25) is 0 Å². The van der Waals surface area contributed by atoms with Crippen LogP contribution in [0, 0.1) is 0 Å². The summed E-state index contributed by atoms with van der Waals surface area (Å²) in [6, 6.07) is 53.3. The first-order valence-electron chi connectivity index (χ1n) is 20.1. The molecule has 11 aromatic rings. The van der Waals surface area contributed by atoms with Crippen molar-refractivity contribution in [3.05, 3.63) is 197 Å². The average molecular weight is 757 g/mol. The van der Waals surface area contributed by atoms with Crippen LogP contribution < -0.4 is 4.90 Å². The van der Waals surface area contributed by atoms with Gasteiger partial charge in [-0.25, -0.2) is 0 Å². The van der Waals surface area contributed by atoms with Crippen LogP contribution in [0.3, 0.4) is 0 Å². The Kier molecular flexibility index (Phi) is 6.70. The van der Waals surface area contributed by atoms with Gasteiger partial charge in [0.2, 0.25) is 0 Å². The fourth-order valence-corrected chi connectivity index (χ4v) is 9.53. The lowest BCUT2D eigenvalue weighted by Gasteiger charge is -2.27. The second kappa shape index (κ2) is 12.3. The maximum atomic E-state index is 7.00. The van der Waals surface area contributed by atoms with Crippen LogP contribution in [0.4, 0.5) is 17.1 Å². The maximum Gasteiger partial charge on any atom is 0.146 e. The van der Waals surface area contributed by atoms with E-state index in [9.17, 15) is 0 Å². The van der Waals surface area contributed by atoms with Crippen molar-refractivity contribution in [1.29, 1.82) is 0 Å². The molecule has 0 saturated carbocycles. The zero-order valence-corrected chi connectivity index (χ0v) is 31.7. The number of aromatic nitrogens is 1. The molecule has 2 aliphatic carbocycles. The fourth-order valence-electron chi connectivity index (χ4n) is 9.53. The number of nitrogens with zero attached hydrogens (tertiary/aromatic N) is 2. The monoisotopic (exact) mass is 756 g/mol. The van der Waals surface area contributed by atoms with Gasteiger partial charge in [0.25, 0.3) is 0 Å². The molecule has 0 unspecified atom stereocenters. The molecule has 0 N–H and O–H groups in total. The Balaban J connectivity index is 1.09. The molecule has 5 nitrogen and oxygen atoms in total. The van der Waals surface area contributed by atoms with Gasteiger partial charge in [-0.1, -0.05) is 90.3 Å². The molecule has 0 spiro atoms. The highest BCUT2D eigenvalue weighted by molar-refractivity contribution is 6.18. The van der Waals surface area contributed by atoms with Gasteiger partial charge < -0.3 is 22.7 Å². The van der Waals surface area contributed by atoms with E-state index in [1.165, 1.54) is 5.56 Å². The summed E-state index contributed by atoms with van der Waals surface area (Å²) in [4.78, 5) is 2.37. The van der Waals surface area contributed by atoms with Gasteiger partial charge in [0.15, 0.2) is 0 Å². The van der Waals surface area contributed by atoms with Crippen molar-refractivity contribution >= 4 is 101 Å². The molecular weight excluding hydrogens is 725 g/mol. The van der Waals surface area contributed by atoms with E-state index in [2.05, 4.69) is 167 Å². The number of hydrogen-bond acceptors (Lipinski definition) is 4. The molecule has 0 bridgehead atoms. The number of anilines is 3. The summed E-state index contributed by atoms with van der Waals surface area (Å²) in [6.45, 7) is 0. The smallest absolute Gasteiger partial charge is 0.146 e. The number of hydrogen-bond donors (Lipinski definition) is 0. The normalized spacial score (nSPS) is 13.3. The third-order valence-electron chi connectivity index (χ3n) is 12.1. The Hall–Kier alpha value is -7.94. The standard InChI is InChI=1S/C54H32N2O3/c1-2-13-33(14-3-1)56-44-20-8-4-17-40(44)52-38(19-12-21-45(52)56)39-27-28-46(53-41-18-7-11-24-49(41)59-54(39)53)55(34-25-29-50-42(31-34)36-15-5-9-22-47(36)57-50)35-26-30-51-43(32-35)37-16-6-10-23-48(37)58-51/h1-5,7-11,13-15,17-18,20-32H,6,16H2. The van der Waals surface area contributed by atoms with Crippen LogP contribution in [0.1, 0.15) is 34.6 Å². The first-order chi connectivity index (χ1) is 29.3. The zero-order valence-electron chi connectivity index (χ0n) is 31.7. The van der Waals surface area contributed by atoms with Crippen molar-refractivity contribution in [3.8, 4) is 5.69 Å². The van der Waals surface area contributed by atoms with Gasteiger partial charge in [0, 0.05) is 72.3 Å². The summed E-state index contributed by atoms with van der Waals surface area (Å²) >= 11 is 0. The first kappa shape index (κ1) is 32.2. The minimum absolute atomic E-state index is 0.795. The van der Waals surface area contributed by atoms with Gasteiger partial charge in [0.1, 0.15) is 33.7 Å². The Labute approximate surface area is 337 Å². The molecule has 13 rings (SSSR count). The van der Waals surface area contributed by atoms with E-state index in [0.29, 0.717) is 0 Å². The highest BCUT2D eigenvalue weighted by Crippen LogP contribution is 2.49. The summed E-state index contributed by atoms with van der Waals surface area (Å²) < 4.78 is 22.0. The van der Waals surface area contributed by atoms with Gasteiger partial charge in [-0.05, 0) is 97.8 Å². The van der Waals surface area contributed by atoms with Crippen LogP contribution in [0.25, 0.3) is 89.2 Å². The molecular formula is C54H32N2O3. The summed E-state index contributed by atoms with van der Waals surface area (Å²) in [5.41, 5.74) is 21.8. The molecule has 59 heavy (non-hydrogen) atoms. The highest BCUT2D eigenvalue weighted by atomic mass is 16.3. The predicted octanol–water partition coefficient (Wildman–Crippen LogP) is 14.8. The largest absolute Gasteiger partial charge is 0.456 e. The Morgan fingerprint density at radius 1 is 0.576 bits per heavy atom. The van der Waals surface area contributed by atoms with E-state index < -0.39 is 0 Å². The number of allylic oxidation sites excluding steroid dienone is 1. The quantitative estimate of drug-likeness (QED) is 0.164. The van der Waals surface area contributed by atoms with E-state index in [1.54, 1.807) is 0 Å². The molecule has 0 radical (unpaired) electrons. The van der Waals surface area contributed by atoms with Crippen molar-refractivity contribution in [2.24, 2.45) is 0 Å². The third-order valence-corrected chi connectivity index (χ3v) is 12.1. The van der Waals surface area contributed by atoms with Gasteiger partial charge in [-0.3, -0.25) is 0 Å². The van der Waals surface area contributed by atoms with Crippen molar-refractivity contribution in [3.63, 3.8) is 0 Å². The lowest BCUT2D eigenvalue weighted by molar-refractivity contribution is 0.595. The highest BCUT2D eigenvalue weighted by Gasteiger charge is 2.28. The molecule has 276 valence electrons. The van der Waals surface area contributed by atoms with Crippen LogP contribution >= 0.6 is 0 Å². The van der Waals surface area contributed by atoms with Gasteiger partial charge in [-0.15, -0.1) is 0 Å². The predicted molar refractivity (Wildman–Crippen MR) is 240 cm³/mol. The minimum Gasteiger partial charge on any atom is -0.456 e. The molecule has 7 aromatic carbocycles. The van der Waals surface area contributed by atoms with Crippen molar-refractivity contribution in [2.75, 3.05) is 4.90 Å². The summed E-state index contributed by atoms with van der Waals surface area (Å²) in [7, 11) is 0. The number of aryl methyl sites for hydroxylation is 1. The number of rotatable bonds is 5. The first-order valence-corrected chi connectivity index (χ1v) is 20.1. The fraction of sp³-hybridized carbons (Fsp3) is 0.0370. The molecule has 0 atom stereocenters. The van der Waals surface area contributed by atoms with E-state index in [-0.39, 0.29) is 0 Å². The molecule has 4 aromatic heterocycles. The van der Waals surface area contributed by atoms with E-state index >= 15 is 0 Å². The molecule has 4 heterocycles. The molecule has 5 heteroatoms. The average Bonchev–Trinajstić information content (AvgIpc) is 4.06. The Morgan fingerprint density at radius 3 is 2.12 bits per heavy atom. The van der Waals surface area contributed by atoms with Crippen LogP contribution in [0.15, 0.2) is 182 Å². The second-order valence-corrected chi connectivity index (χ2v) is 15.4. The Bertz CT molecular complexity index is 3710. The number of benzene rings is 7. The molecule has 0 fully saturated rings. The topological polar surface area (TPSA) is 47.6 Å². The van der Waals surface area contributed by atoms with Crippen LogP contribution in [0.5, 0.6) is 0 Å². The van der Waals surface area contributed by atoms with Crippen molar-refractivity contribution in [1.82, 2.24) is 4.57 Å². The SMILES string of the molecule is C1=C=C(c2ccc(N(c3ccc4oc5c(c4c3)CCC=C5)c3ccc4oc5ccccc5c4c3)c3c2oc2ccccc23)c2c(n(-c3ccccc3)c3ccccc23)C=1.